The molecule has 0 radical (unpaired) electrons. The fourth-order valence-electron chi connectivity index (χ4n) is 4.26. The predicted molar refractivity (Wildman–Crippen MR) is 120 cm³/mol. The van der Waals surface area contributed by atoms with E-state index in [0.29, 0.717) is 17.6 Å². The molecule has 1 fully saturated rings. The molecule has 0 saturated carbocycles. The van der Waals surface area contributed by atoms with E-state index in [1.807, 2.05) is 17.8 Å². The van der Waals surface area contributed by atoms with E-state index in [1.54, 1.807) is 6.07 Å². The maximum absolute atomic E-state index is 11.3. The van der Waals surface area contributed by atoms with E-state index >= 15 is 0 Å². The molecule has 1 saturated heterocycles. The summed E-state index contributed by atoms with van der Waals surface area (Å²) < 4.78 is 2.01. The van der Waals surface area contributed by atoms with Crippen LogP contribution in [0.15, 0.2) is 54.9 Å². The van der Waals surface area contributed by atoms with E-state index in [1.165, 1.54) is 17.8 Å². The quantitative estimate of drug-likeness (QED) is 0.634. The molecule has 0 unspecified atom stereocenters. The number of hydrogen-bond donors (Lipinski definition) is 1. The lowest BCUT2D eigenvalue weighted by Crippen LogP contribution is -2.42. The van der Waals surface area contributed by atoms with Crippen molar-refractivity contribution in [3.8, 4) is 11.5 Å². The summed E-state index contributed by atoms with van der Waals surface area (Å²) in [7, 11) is 4.14. The third kappa shape index (κ3) is 5.00. The van der Waals surface area contributed by atoms with Crippen LogP contribution in [0.3, 0.4) is 0 Å². The summed E-state index contributed by atoms with van der Waals surface area (Å²) in [4.78, 5) is 25.0. The first-order valence-corrected chi connectivity index (χ1v) is 10.7. The van der Waals surface area contributed by atoms with E-state index in [9.17, 15) is 9.90 Å². The molecule has 7 nitrogen and oxygen atoms in total. The minimum atomic E-state index is -0.962. The van der Waals surface area contributed by atoms with Gasteiger partial charge in [-0.25, -0.2) is 9.78 Å². The molecule has 4 rings (SSSR count). The third-order valence-corrected chi connectivity index (χ3v) is 6.16. The van der Waals surface area contributed by atoms with Crippen LogP contribution in [0.1, 0.15) is 34.5 Å². The van der Waals surface area contributed by atoms with Gasteiger partial charge in [-0.3, -0.25) is 14.8 Å². The minimum Gasteiger partial charge on any atom is -0.478 e. The number of hydrogen-bond acceptors (Lipinski definition) is 5. The number of imidazole rings is 1. The Labute approximate surface area is 183 Å². The first-order valence-electron chi connectivity index (χ1n) is 10.7. The fourth-order valence-corrected chi connectivity index (χ4v) is 4.26. The predicted octanol–water partition coefficient (Wildman–Crippen LogP) is 3.28. The topological polar surface area (TPSA) is 74.5 Å². The Hall–Kier alpha value is -3.03. The van der Waals surface area contributed by atoms with E-state index in [-0.39, 0.29) is 5.56 Å². The Morgan fingerprint density at radius 3 is 2.61 bits per heavy atom. The number of carbonyl (C=O) groups is 1. The molecule has 0 aliphatic carbocycles. The number of aromatic nitrogens is 3. The van der Waals surface area contributed by atoms with Gasteiger partial charge in [-0.1, -0.05) is 30.3 Å². The lowest BCUT2D eigenvalue weighted by molar-refractivity contribution is 0.0697. The Balaban J connectivity index is 1.36. The Kier molecular flexibility index (Phi) is 6.44. The molecule has 2 aromatic heterocycles. The number of benzene rings is 1. The largest absolute Gasteiger partial charge is 0.478 e. The molecule has 162 valence electrons. The standard InChI is InChI=1S/C24H29N5O2/c1-27(20-9-12-29(13-10-20)16-18-6-4-3-5-7-18)17-21-15-26-23(28(21)2)22-14-19(24(30)31)8-11-25-22/h3-8,11,14-15,20H,9-10,12-13,16-17H2,1-2H3,(H,30,31). The number of nitrogens with zero attached hydrogens (tertiary/aromatic N) is 5. The van der Waals surface area contributed by atoms with E-state index < -0.39 is 5.97 Å². The van der Waals surface area contributed by atoms with Gasteiger partial charge in [0.15, 0.2) is 5.82 Å². The van der Waals surface area contributed by atoms with Crippen LogP contribution < -0.4 is 0 Å². The lowest BCUT2D eigenvalue weighted by atomic mass is 10.0. The molecule has 1 aliphatic rings. The monoisotopic (exact) mass is 419 g/mol. The number of pyridine rings is 1. The minimum absolute atomic E-state index is 0.217. The highest BCUT2D eigenvalue weighted by Crippen LogP contribution is 2.22. The van der Waals surface area contributed by atoms with Crippen molar-refractivity contribution in [3.05, 3.63) is 71.7 Å². The summed E-state index contributed by atoms with van der Waals surface area (Å²) in [5.74, 6) is -0.277. The molecule has 1 aliphatic heterocycles. The molecule has 0 spiro atoms. The van der Waals surface area contributed by atoms with Crippen LogP contribution in [0.2, 0.25) is 0 Å². The number of rotatable bonds is 7. The molecule has 3 heterocycles. The first-order chi connectivity index (χ1) is 15.0. The van der Waals surface area contributed by atoms with Crippen molar-refractivity contribution in [1.82, 2.24) is 24.3 Å². The van der Waals surface area contributed by atoms with Crippen molar-refractivity contribution in [2.75, 3.05) is 20.1 Å². The van der Waals surface area contributed by atoms with Crippen LogP contribution in [0, 0.1) is 0 Å². The normalized spacial score (nSPS) is 15.5. The fraction of sp³-hybridized carbons (Fsp3) is 0.375. The molecule has 0 bridgehead atoms. The molecular weight excluding hydrogens is 390 g/mol. The number of piperidine rings is 1. The number of carboxylic acid groups (broad SMARTS) is 1. The van der Waals surface area contributed by atoms with Crippen molar-refractivity contribution in [2.45, 2.75) is 32.0 Å². The second-order valence-corrected chi connectivity index (χ2v) is 8.28. The molecule has 0 amide bonds. The highest BCUT2D eigenvalue weighted by atomic mass is 16.4. The van der Waals surface area contributed by atoms with Crippen molar-refractivity contribution >= 4 is 5.97 Å². The molecule has 1 aromatic carbocycles. The van der Waals surface area contributed by atoms with Crippen LogP contribution >= 0.6 is 0 Å². The van der Waals surface area contributed by atoms with Gasteiger partial charge in [-0.15, -0.1) is 0 Å². The summed E-state index contributed by atoms with van der Waals surface area (Å²) in [5.41, 5.74) is 3.25. The maximum atomic E-state index is 11.3. The zero-order valence-corrected chi connectivity index (χ0v) is 18.1. The Morgan fingerprint density at radius 2 is 1.90 bits per heavy atom. The molecule has 1 N–H and O–H groups in total. The third-order valence-electron chi connectivity index (χ3n) is 6.16. The van der Waals surface area contributed by atoms with Crippen molar-refractivity contribution < 1.29 is 9.90 Å². The SMILES string of the molecule is CN(Cc1cnc(-c2cc(C(=O)O)ccn2)n1C)C1CCN(Cc2ccccc2)CC1. The van der Waals surface area contributed by atoms with E-state index in [2.05, 4.69) is 57.1 Å². The smallest absolute Gasteiger partial charge is 0.335 e. The van der Waals surface area contributed by atoms with Gasteiger partial charge in [-0.2, -0.15) is 0 Å². The maximum Gasteiger partial charge on any atom is 0.335 e. The second kappa shape index (κ2) is 9.41. The summed E-state index contributed by atoms with van der Waals surface area (Å²) in [6.07, 6.45) is 5.68. The van der Waals surface area contributed by atoms with Gasteiger partial charge in [0.2, 0.25) is 0 Å². The average Bonchev–Trinajstić information content (AvgIpc) is 3.15. The van der Waals surface area contributed by atoms with Crippen molar-refractivity contribution in [1.29, 1.82) is 0 Å². The summed E-state index contributed by atoms with van der Waals surface area (Å²) in [5, 5.41) is 9.23. The zero-order valence-electron chi connectivity index (χ0n) is 18.1. The zero-order chi connectivity index (χ0) is 21.8. The van der Waals surface area contributed by atoms with Gasteiger partial charge >= 0.3 is 5.97 Å². The van der Waals surface area contributed by atoms with Crippen LogP contribution in [-0.4, -0.2) is 61.6 Å². The van der Waals surface area contributed by atoms with Crippen LogP contribution in [0.5, 0.6) is 0 Å². The molecule has 7 heteroatoms. The first kappa shape index (κ1) is 21.2. The van der Waals surface area contributed by atoms with Crippen LogP contribution in [-0.2, 0) is 20.1 Å². The van der Waals surface area contributed by atoms with Gasteiger partial charge in [0.1, 0.15) is 5.69 Å². The summed E-state index contributed by atoms with van der Waals surface area (Å²) in [6, 6.07) is 14.3. The highest BCUT2D eigenvalue weighted by molar-refractivity contribution is 5.88. The average molecular weight is 420 g/mol. The number of aromatic carboxylic acids is 1. The Morgan fingerprint density at radius 1 is 1.16 bits per heavy atom. The number of likely N-dealkylation sites (tertiary alicyclic amines) is 1. The van der Waals surface area contributed by atoms with Gasteiger partial charge in [-0.05, 0) is 50.7 Å². The van der Waals surface area contributed by atoms with Gasteiger partial charge in [0.05, 0.1) is 17.5 Å². The highest BCUT2D eigenvalue weighted by Gasteiger charge is 2.23. The lowest BCUT2D eigenvalue weighted by Gasteiger charge is -2.36. The van der Waals surface area contributed by atoms with Crippen LogP contribution in [0.4, 0.5) is 0 Å². The van der Waals surface area contributed by atoms with E-state index in [0.717, 1.165) is 44.7 Å². The molecular formula is C24H29N5O2. The van der Waals surface area contributed by atoms with Crippen molar-refractivity contribution in [2.24, 2.45) is 7.05 Å². The molecule has 0 atom stereocenters. The molecule has 3 aromatic rings. The van der Waals surface area contributed by atoms with Crippen molar-refractivity contribution in [3.63, 3.8) is 0 Å². The van der Waals surface area contributed by atoms with Crippen LogP contribution in [0.25, 0.3) is 11.5 Å². The Bertz CT molecular complexity index is 1030. The summed E-state index contributed by atoms with van der Waals surface area (Å²) >= 11 is 0. The van der Waals surface area contributed by atoms with Gasteiger partial charge < -0.3 is 9.67 Å². The molecule has 31 heavy (non-hydrogen) atoms. The second-order valence-electron chi connectivity index (χ2n) is 8.28. The van der Waals surface area contributed by atoms with Gasteiger partial charge in [0.25, 0.3) is 0 Å². The van der Waals surface area contributed by atoms with E-state index in [4.69, 9.17) is 0 Å². The van der Waals surface area contributed by atoms with Gasteiger partial charge in [0, 0.05) is 32.4 Å². The number of carboxylic acids is 1. The summed E-state index contributed by atoms with van der Waals surface area (Å²) in [6.45, 7) is 4.02.